The second-order valence-corrected chi connectivity index (χ2v) is 8.09. The Labute approximate surface area is 175 Å². The molecule has 0 atom stereocenters. The van der Waals surface area contributed by atoms with Gasteiger partial charge in [0.25, 0.3) is 0 Å². The maximum atomic E-state index is 12.8. The summed E-state index contributed by atoms with van der Waals surface area (Å²) in [6.45, 7) is 0.397. The Balaban J connectivity index is 2.17. The Morgan fingerprint density at radius 3 is 2.40 bits per heavy atom. The number of aliphatic hydroxyl groups is 1. The third kappa shape index (κ3) is 6.09. The van der Waals surface area contributed by atoms with Gasteiger partial charge in [-0.05, 0) is 48.7 Å². The summed E-state index contributed by atoms with van der Waals surface area (Å²) in [7, 11) is -0.927. The van der Waals surface area contributed by atoms with E-state index in [1.165, 1.54) is 26.4 Å². The van der Waals surface area contributed by atoms with Crippen LogP contribution in [0, 0.1) is 0 Å². The molecule has 30 heavy (non-hydrogen) atoms. The van der Waals surface area contributed by atoms with E-state index in [-0.39, 0.29) is 29.3 Å². The molecule has 2 aromatic rings. The summed E-state index contributed by atoms with van der Waals surface area (Å²) in [6.07, 6.45) is 0.818. The highest BCUT2D eigenvalue weighted by molar-refractivity contribution is 7.89. The number of ether oxygens (including phenoxy) is 2. The first kappa shape index (κ1) is 23.5. The lowest BCUT2D eigenvalue weighted by Crippen LogP contribution is -2.27. The van der Waals surface area contributed by atoms with Crippen LogP contribution in [0.3, 0.4) is 0 Å². The van der Waals surface area contributed by atoms with Gasteiger partial charge in [0.15, 0.2) is 11.5 Å². The van der Waals surface area contributed by atoms with Gasteiger partial charge in [-0.25, -0.2) is 17.9 Å². The Bertz CT molecular complexity index is 977. The summed E-state index contributed by atoms with van der Waals surface area (Å²) in [6, 6.07) is 9.16. The van der Waals surface area contributed by atoms with Gasteiger partial charge in [0.05, 0.1) is 25.5 Å². The molecule has 2 aromatic carbocycles. The quantitative estimate of drug-likeness (QED) is 0.368. The maximum absolute atomic E-state index is 12.8. The van der Waals surface area contributed by atoms with E-state index in [9.17, 15) is 18.3 Å². The van der Waals surface area contributed by atoms with Crippen LogP contribution >= 0.6 is 0 Å². The molecular weight excluding hydrogens is 412 g/mol. The van der Waals surface area contributed by atoms with Crippen molar-refractivity contribution in [3.63, 3.8) is 0 Å². The third-order valence-electron chi connectivity index (χ3n) is 4.32. The Hall–Kier alpha value is -2.82. The van der Waals surface area contributed by atoms with E-state index in [4.69, 9.17) is 14.6 Å². The van der Waals surface area contributed by atoms with E-state index in [1.807, 2.05) is 6.07 Å². The van der Waals surface area contributed by atoms with Crippen molar-refractivity contribution in [3.8, 4) is 11.5 Å². The first-order chi connectivity index (χ1) is 14.3. The second kappa shape index (κ2) is 10.8. The van der Waals surface area contributed by atoms with Crippen molar-refractivity contribution in [2.24, 2.45) is 0 Å². The number of sulfonamides is 1. The molecule has 164 valence electrons. The lowest BCUT2D eigenvalue weighted by Gasteiger charge is -2.14. The number of aliphatic hydroxyl groups excluding tert-OH is 1. The molecular formula is C20H26N2O7S. The smallest absolute Gasteiger partial charge is 0.335 e. The van der Waals surface area contributed by atoms with E-state index in [2.05, 4.69) is 10.0 Å². The highest BCUT2D eigenvalue weighted by atomic mass is 32.2. The summed E-state index contributed by atoms with van der Waals surface area (Å²) in [4.78, 5) is 11.1. The van der Waals surface area contributed by atoms with Crippen LogP contribution in [-0.4, -0.2) is 58.5 Å². The predicted octanol–water partition coefficient (Wildman–Crippen LogP) is 1.72. The molecule has 0 spiro atoms. The minimum Gasteiger partial charge on any atom is -0.493 e. The molecule has 0 saturated carbocycles. The Morgan fingerprint density at radius 1 is 1.03 bits per heavy atom. The molecule has 0 bridgehead atoms. The van der Waals surface area contributed by atoms with Crippen molar-refractivity contribution in [2.75, 3.05) is 39.2 Å². The lowest BCUT2D eigenvalue weighted by molar-refractivity contribution is 0.0696. The van der Waals surface area contributed by atoms with Crippen LogP contribution in [0.5, 0.6) is 11.5 Å². The zero-order valence-corrected chi connectivity index (χ0v) is 17.7. The maximum Gasteiger partial charge on any atom is 0.335 e. The molecule has 0 radical (unpaired) electrons. The third-order valence-corrected chi connectivity index (χ3v) is 5.82. The van der Waals surface area contributed by atoms with E-state index in [0.717, 1.165) is 11.6 Å². The molecule has 0 amide bonds. The summed E-state index contributed by atoms with van der Waals surface area (Å²) >= 11 is 0. The van der Waals surface area contributed by atoms with E-state index in [0.29, 0.717) is 30.9 Å². The van der Waals surface area contributed by atoms with E-state index < -0.39 is 16.0 Å². The normalized spacial score (nSPS) is 11.2. The number of hydrogen-bond donors (Lipinski definition) is 4. The van der Waals surface area contributed by atoms with Crippen molar-refractivity contribution in [3.05, 3.63) is 47.5 Å². The van der Waals surface area contributed by atoms with E-state index in [1.54, 1.807) is 12.1 Å². The fourth-order valence-electron chi connectivity index (χ4n) is 2.77. The van der Waals surface area contributed by atoms with Crippen LogP contribution < -0.4 is 19.5 Å². The van der Waals surface area contributed by atoms with Gasteiger partial charge in [0.2, 0.25) is 10.0 Å². The van der Waals surface area contributed by atoms with Gasteiger partial charge in [0.1, 0.15) is 4.90 Å². The van der Waals surface area contributed by atoms with Crippen LogP contribution in [0.15, 0.2) is 41.3 Å². The van der Waals surface area contributed by atoms with Gasteiger partial charge in [-0.2, -0.15) is 0 Å². The van der Waals surface area contributed by atoms with Crippen LogP contribution in [0.1, 0.15) is 22.3 Å². The summed E-state index contributed by atoms with van der Waals surface area (Å²) < 4.78 is 38.6. The monoisotopic (exact) mass is 438 g/mol. The van der Waals surface area contributed by atoms with Crippen molar-refractivity contribution >= 4 is 21.7 Å². The summed E-state index contributed by atoms with van der Waals surface area (Å²) in [5.74, 6) is -0.105. The number of carbonyl (C=O) groups is 1. The summed E-state index contributed by atoms with van der Waals surface area (Å²) in [5.41, 5.74) is 0.978. The van der Waals surface area contributed by atoms with Crippen LogP contribution in [0.4, 0.5) is 5.69 Å². The first-order valence-electron chi connectivity index (χ1n) is 9.25. The molecule has 0 unspecified atom stereocenters. The number of anilines is 1. The van der Waals surface area contributed by atoms with Gasteiger partial charge in [0, 0.05) is 19.7 Å². The average molecular weight is 439 g/mol. The van der Waals surface area contributed by atoms with Crippen molar-refractivity contribution in [2.45, 2.75) is 17.7 Å². The molecule has 0 aliphatic rings. The summed E-state index contributed by atoms with van der Waals surface area (Å²) in [5, 5.41) is 21.0. The van der Waals surface area contributed by atoms with Crippen molar-refractivity contribution < 1.29 is 32.9 Å². The highest BCUT2D eigenvalue weighted by Crippen LogP contribution is 2.28. The molecule has 2 rings (SSSR count). The number of aromatic carboxylic acids is 1. The number of nitrogens with one attached hydrogen (secondary N) is 2. The first-order valence-corrected chi connectivity index (χ1v) is 10.7. The molecule has 0 heterocycles. The topological polar surface area (TPSA) is 134 Å². The second-order valence-electron chi connectivity index (χ2n) is 6.36. The number of methoxy groups -OCH3 is 2. The molecule has 10 heteroatoms. The number of carboxylic acid groups (broad SMARTS) is 1. The Morgan fingerprint density at radius 2 is 1.77 bits per heavy atom. The van der Waals surface area contributed by atoms with Gasteiger partial charge in [-0.15, -0.1) is 0 Å². The number of hydrogen-bond acceptors (Lipinski definition) is 7. The Kier molecular flexibility index (Phi) is 8.46. The van der Waals surface area contributed by atoms with Gasteiger partial charge < -0.3 is 25.0 Å². The fraction of sp³-hybridized carbons (Fsp3) is 0.350. The number of benzene rings is 2. The predicted molar refractivity (Wildman–Crippen MR) is 112 cm³/mol. The molecule has 0 aliphatic heterocycles. The van der Waals surface area contributed by atoms with Gasteiger partial charge >= 0.3 is 5.97 Å². The van der Waals surface area contributed by atoms with Gasteiger partial charge in [-0.3, -0.25) is 0 Å². The zero-order chi connectivity index (χ0) is 22.1. The SMILES string of the molecule is COc1ccc(CCNS(=O)(=O)c2cc(C(=O)O)ccc2NCCCO)cc1OC. The molecule has 4 N–H and O–H groups in total. The van der Waals surface area contributed by atoms with Gasteiger partial charge in [-0.1, -0.05) is 6.07 Å². The standard InChI is InChI=1S/C20H26N2O7S/c1-28-17-7-4-14(12-18(17)29-2)8-10-22-30(26,27)19-13-15(20(24)25)5-6-16(19)21-9-3-11-23/h4-7,12-13,21-23H,3,8-11H2,1-2H3,(H,24,25). The minimum absolute atomic E-state index is 0.0497. The fourth-order valence-corrected chi connectivity index (χ4v) is 4.01. The largest absolute Gasteiger partial charge is 0.493 e. The zero-order valence-electron chi connectivity index (χ0n) is 16.8. The molecule has 0 fully saturated rings. The molecule has 9 nitrogen and oxygen atoms in total. The highest BCUT2D eigenvalue weighted by Gasteiger charge is 2.20. The van der Waals surface area contributed by atoms with E-state index >= 15 is 0 Å². The molecule has 0 saturated heterocycles. The molecule has 0 aliphatic carbocycles. The number of rotatable bonds is 12. The van der Waals surface area contributed by atoms with Crippen molar-refractivity contribution in [1.29, 1.82) is 0 Å². The van der Waals surface area contributed by atoms with Crippen LogP contribution in [0.2, 0.25) is 0 Å². The number of carboxylic acids is 1. The average Bonchev–Trinajstić information content (AvgIpc) is 2.73. The van der Waals surface area contributed by atoms with Crippen molar-refractivity contribution in [1.82, 2.24) is 4.72 Å². The molecule has 0 aromatic heterocycles. The lowest BCUT2D eigenvalue weighted by atomic mass is 10.1. The van der Waals surface area contributed by atoms with Crippen LogP contribution in [-0.2, 0) is 16.4 Å². The van der Waals surface area contributed by atoms with Crippen LogP contribution in [0.25, 0.3) is 0 Å². The minimum atomic E-state index is -3.98.